The number of hydrogen-bond donors (Lipinski definition) is 3. The lowest BCUT2D eigenvalue weighted by Crippen LogP contribution is -2.36. The zero-order valence-corrected chi connectivity index (χ0v) is 16.0. The van der Waals surface area contributed by atoms with E-state index in [1.54, 1.807) is 4.90 Å². The van der Waals surface area contributed by atoms with Crippen LogP contribution in [0, 0.1) is 0 Å². The molecule has 3 fully saturated rings. The van der Waals surface area contributed by atoms with Gasteiger partial charge in [-0.25, -0.2) is 4.79 Å². The second kappa shape index (κ2) is 7.50. The molecule has 7 nitrogen and oxygen atoms in total. The Morgan fingerprint density at radius 2 is 2.19 bits per heavy atom. The minimum Gasteiger partial charge on any atom is -0.340 e. The topological polar surface area (TPSA) is 90.1 Å². The van der Waals surface area contributed by atoms with Gasteiger partial charge in [-0.05, 0) is 31.7 Å². The Labute approximate surface area is 158 Å². The Balaban J connectivity index is 1.15. The first-order valence-electron chi connectivity index (χ1n) is 9.57. The van der Waals surface area contributed by atoms with Crippen molar-refractivity contribution in [1.82, 2.24) is 25.7 Å². The second-order valence-electron chi connectivity index (χ2n) is 7.71. The number of H-pyrrole nitrogens is 1. The summed E-state index contributed by atoms with van der Waals surface area (Å²) in [5.74, 6) is 1.80. The van der Waals surface area contributed by atoms with Crippen LogP contribution in [0.3, 0.4) is 0 Å². The Hall–Kier alpha value is -1.70. The molecule has 2 saturated heterocycles. The Bertz CT molecular complexity index is 674. The van der Waals surface area contributed by atoms with Crippen LogP contribution in [0.1, 0.15) is 55.8 Å². The number of rotatable bonds is 8. The highest BCUT2D eigenvalue weighted by molar-refractivity contribution is 8.00. The zero-order valence-electron chi connectivity index (χ0n) is 15.2. The van der Waals surface area contributed by atoms with E-state index in [0.717, 1.165) is 36.4 Å². The van der Waals surface area contributed by atoms with Gasteiger partial charge in [-0.15, -0.1) is 0 Å². The number of hydrogen-bond acceptors (Lipinski definition) is 4. The van der Waals surface area contributed by atoms with E-state index in [9.17, 15) is 9.59 Å². The van der Waals surface area contributed by atoms with Crippen molar-refractivity contribution >= 4 is 23.7 Å². The monoisotopic (exact) mass is 377 g/mol. The van der Waals surface area contributed by atoms with E-state index < -0.39 is 0 Å². The van der Waals surface area contributed by atoms with Crippen LogP contribution in [0.4, 0.5) is 4.79 Å². The van der Waals surface area contributed by atoms with Crippen molar-refractivity contribution in [2.75, 3.05) is 12.8 Å². The molecule has 4 rings (SSSR count). The molecular weight excluding hydrogens is 350 g/mol. The van der Waals surface area contributed by atoms with Crippen LogP contribution in [-0.2, 0) is 11.3 Å². The van der Waals surface area contributed by atoms with Gasteiger partial charge in [0.1, 0.15) is 0 Å². The van der Waals surface area contributed by atoms with Gasteiger partial charge in [-0.3, -0.25) is 9.89 Å². The summed E-state index contributed by atoms with van der Waals surface area (Å²) >= 11 is 1.93. The van der Waals surface area contributed by atoms with Crippen LogP contribution < -0.4 is 10.6 Å². The lowest BCUT2D eigenvalue weighted by atomic mass is 10.0. The molecule has 3 heterocycles. The first kappa shape index (κ1) is 17.7. The maximum Gasteiger partial charge on any atom is 0.315 e. The third-order valence-corrected chi connectivity index (χ3v) is 7.06. The lowest BCUT2D eigenvalue weighted by molar-refractivity contribution is -0.130. The van der Waals surface area contributed by atoms with E-state index >= 15 is 0 Å². The van der Waals surface area contributed by atoms with Crippen LogP contribution in [0.5, 0.6) is 0 Å². The van der Waals surface area contributed by atoms with Crippen molar-refractivity contribution in [3.05, 3.63) is 17.5 Å². The van der Waals surface area contributed by atoms with Gasteiger partial charge in [0.15, 0.2) is 0 Å². The standard InChI is InChI=1S/C18H27N5O2S/c1-23(9-12-8-13(22-21-12)11-6-7-11)16(24)5-3-2-4-15-17-14(10-26-15)19-18(25)20-17/h8,11,14-15,17H,2-7,9-10H2,1H3,(H,21,22)(H2,19,20,25)/t14-,15-,17-/m0/s1. The molecule has 2 aliphatic heterocycles. The normalized spacial score (nSPS) is 27.1. The van der Waals surface area contributed by atoms with Crippen molar-refractivity contribution in [2.45, 2.75) is 68.3 Å². The highest BCUT2D eigenvalue weighted by Crippen LogP contribution is 2.39. The maximum absolute atomic E-state index is 12.3. The molecule has 1 aliphatic carbocycles. The smallest absolute Gasteiger partial charge is 0.315 e. The van der Waals surface area contributed by atoms with Crippen LogP contribution in [0.25, 0.3) is 0 Å². The van der Waals surface area contributed by atoms with E-state index in [0.29, 0.717) is 24.1 Å². The molecule has 0 radical (unpaired) electrons. The number of amides is 3. The summed E-state index contributed by atoms with van der Waals surface area (Å²) in [4.78, 5) is 25.5. The predicted molar refractivity (Wildman–Crippen MR) is 101 cm³/mol. The fraction of sp³-hybridized carbons (Fsp3) is 0.722. The van der Waals surface area contributed by atoms with Crippen LogP contribution in [0.2, 0.25) is 0 Å². The fourth-order valence-corrected chi connectivity index (χ4v) is 5.39. The van der Waals surface area contributed by atoms with Crippen LogP contribution >= 0.6 is 11.8 Å². The molecule has 1 aromatic rings. The quantitative estimate of drug-likeness (QED) is 0.477. The first-order valence-corrected chi connectivity index (χ1v) is 10.6. The minimum atomic E-state index is -0.0363. The summed E-state index contributed by atoms with van der Waals surface area (Å²) < 4.78 is 0. The number of nitrogens with zero attached hydrogens (tertiary/aromatic N) is 2. The van der Waals surface area contributed by atoms with Gasteiger partial charge in [0.2, 0.25) is 5.91 Å². The number of carbonyl (C=O) groups is 2. The summed E-state index contributed by atoms with van der Waals surface area (Å²) in [5.41, 5.74) is 2.15. The molecule has 26 heavy (non-hydrogen) atoms. The molecule has 142 valence electrons. The van der Waals surface area contributed by atoms with Gasteiger partial charge < -0.3 is 15.5 Å². The molecule has 0 aromatic carbocycles. The molecule has 1 saturated carbocycles. The number of carbonyl (C=O) groups excluding carboxylic acids is 2. The number of thioether (sulfide) groups is 1. The molecule has 3 amide bonds. The number of aromatic amines is 1. The Morgan fingerprint density at radius 3 is 3.00 bits per heavy atom. The van der Waals surface area contributed by atoms with Crippen molar-refractivity contribution in [3.8, 4) is 0 Å². The number of nitrogens with one attached hydrogen (secondary N) is 3. The first-order chi connectivity index (χ1) is 12.6. The van der Waals surface area contributed by atoms with Gasteiger partial charge in [-0.1, -0.05) is 6.42 Å². The van der Waals surface area contributed by atoms with Crippen molar-refractivity contribution < 1.29 is 9.59 Å². The van der Waals surface area contributed by atoms with E-state index in [2.05, 4.69) is 26.9 Å². The molecule has 3 N–H and O–H groups in total. The third-order valence-electron chi connectivity index (χ3n) is 5.55. The summed E-state index contributed by atoms with van der Waals surface area (Å²) in [7, 11) is 1.86. The molecule has 0 unspecified atom stereocenters. The molecule has 1 aromatic heterocycles. The number of unbranched alkanes of at least 4 members (excludes halogenated alkanes) is 1. The van der Waals surface area contributed by atoms with Crippen molar-refractivity contribution in [3.63, 3.8) is 0 Å². The predicted octanol–water partition coefficient (Wildman–Crippen LogP) is 1.97. The SMILES string of the molecule is CN(Cc1cc(C2CC2)n[nH]1)C(=O)CCCC[C@@H]1SC[C@@H]2NC(=O)N[C@@H]21. The summed E-state index contributed by atoms with van der Waals surface area (Å²) in [6, 6.07) is 2.59. The average molecular weight is 378 g/mol. The molecule has 8 heteroatoms. The van der Waals surface area contributed by atoms with Gasteiger partial charge in [-0.2, -0.15) is 16.9 Å². The number of urea groups is 1. The molecular formula is C18H27N5O2S. The van der Waals surface area contributed by atoms with Gasteiger partial charge in [0.05, 0.1) is 30.0 Å². The van der Waals surface area contributed by atoms with Gasteiger partial charge in [0.25, 0.3) is 0 Å². The Morgan fingerprint density at radius 1 is 1.35 bits per heavy atom. The van der Waals surface area contributed by atoms with E-state index in [4.69, 9.17) is 0 Å². The zero-order chi connectivity index (χ0) is 18.1. The van der Waals surface area contributed by atoms with Crippen LogP contribution in [-0.4, -0.2) is 57.2 Å². The maximum atomic E-state index is 12.3. The highest BCUT2D eigenvalue weighted by Gasteiger charge is 2.42. The summed E-state index contributed by atoms with van der Waals surface area (Å²) in [6.07, 6.45) is 6.02. The largest absolute Gasteiger partial charge is 0.340 e. The number of aromatic nitrogens is 2. The van der Waals surface area contributed by atoms with Gasteiger partial charge in [0, 0.05) is 30.4 Å². The highest BCUT2D eigenvalue weighted by atomic mass is 32.2. The van der Waals surface area contributed by atoms with Gasteiger partial charge >= 0.3 is 6.03 Å². The summed E-state index contributed by atoms with van der Waals surface area (Å²) in [6.45, 7) is 0.596. The fourth-order valence-electron chi connectivity index (χ4n) is 3.85. The number of fused-ring (bicyclic) bond motifs is 1. The summed E-state index contributed by atoms with van der Waals surface area (Å²) in [5, 5.41) is 13.9. The van der Waals surface area contributed by atoms with Crippen molar-refractivity contribution in [2.24, 2.45) is 0 Å². The molecule has 3 atom stereocenters. The van der Waals surface area contributed by atoms with Crippen molar-refractivity contribution in [1.29, 1.82) is 0 Å². The minimum absolute atomic E-state index is 0.0363. The Kier molecular flexibility index (Phi) is 5.11. The second-order valence-corrected chi connectivity index (χ2v) is 8.98. The molecule has 0 bridgehead atoms. The molecule has 0 spiro atoms. The van der Waals surface area contributed by atoms with E-state index in [1.807, 2.05) is 18.8 Å². The van der Waals surface area contributed by atoms with E-state index in [-0.39, 0.29) is 24.0 Å². The average Bonchev–Trinajstić information content (AvgIpc) is 3.09. The van der Waals surface area contributed by atoms with E-state index in [1.165, 1.54) is 12.8 Å². The lowest BCUT2D eigenvalue weighted by Gasteiger charge is -2.18. The molecule has 3 aliphatic rings. The third kappa shape index (κ3) is 4.00. The van der Waals surface area contributed by atoms with Crippen LogP contribution in [0.15, 0.2) is 6.07 Å².